The Bertz CT molecular complexity index is 931. The van der Waals surface area contributed by atoms with E-state index < -0.39 is 18.7 Å². The van der Waals surface area contributed by atoms with Crippen LogP contribution in [0.4, 0.5) is 4.79 Å². The molecule has 0 spiro atoms. The summed E-state index contributed by atoms with van der Waals surface area (Å²) in [5.41, 5.74) is 4.66. The molecule has 170 valence electrons. The van der Waals surface area contributed by atoms with Gasteiger partial charge >= 0.3 is 12.1 Å². The van der Waals surface area contributed by atoms with E-state index in [0.717, 1.165) is 16.2 Å². The molecule has 1 aliphatic carbocycles. The molecule has 0 aliphatic heterocycles. The van der Waals surface area contributed by atoms with Crippen LogP contribution in [0.3, 0.4) is 0 Å². The zero-order valence-electron chi connectivity index (χ0n) is 18.2. The first-order valence-electron chi connectivity index (χ1n) is 10.6. The quantitative estimate of drug-likeness (QED) is 0.548. The van der Waals surface area contributed by atoms with Crippen LogP contribution in [-0.2, 0) is 19.2 Å². The summed E-state index contributed by atoms with van der Waals surface area (Å²) in [5, 5.41) is 12.3. The van der Waals surface area contributed by atoms with Gasteiger partial charge in [-0.1, -0.05) is 48.5 Å². The van der Waals surface area contributed by atoms with Gasteiger partial charge in [-0.2, -0.15) is 0 Å². The fourth-order valence-corrected chi connectivity index (χ4v) is 3.85. The average Bonchev–Trinajstić information content (AvgIpc) is 3.09. The van der Waals surface area contributed by atoms with Crippen LogP contribution in [-0.4, -0.2) is 54.4 Å². The number of carboxylic acid groups (broad SMARTS) is 1. The highest BCUT2D eigenvalue weighted by Gasteiger charge is 2.29. The number of ether oxygens (including phenoxy) is 1. The van der Waals surface area contributed by atoms with Crippen molar-refractivity contribution in [2.24, 2.45) is 0 Å². The number of carboxylic acids is 1. The summed E-state index contributed by atoms with van der Waals surface area (Å²) < 4.78 is 5.53. The van der Waals surface area contributed by atoms with Gasteiger partial charge in [-0.05, 0) is 42.0 Å². The smallest absolute Gasteiger partial charge is 0.407 e. The summed E-state index contributed by atoms with van der Waals surface area (Å²) in [4.78, 5) is 39.5. The SMILES string of the molecule is CC(CCCC(=O)N(C)OCC(=O)O)NC(=O)OCC1c2ccccc2-c2ccccc21. The van der Waals surface area contributed by atoms with Gasteiger partial charge in [-0.3, -0.25) is 9.63 Å². The van der Waals surface area contributed by atoms with Crippen molar-refractivity contribution in [3.8, 4) is 11.1 Å². The van der Waals surface area contributed by atoms with Crippen molar-refractivity contribution >= 4 is 18.0 Å². The largest absolute Gasteiger partial charge is 0.479 e. The number of carbonyl (C=O) groups excluding carboxylic acids is 2. The molecule has 8 nitrogen and oxygen atoms in total. The minimum absolute atomic E-state index is 0.00224. The Balaban J connectivity index is 1.42. The van der Waals surface area contributed by atoms with Crippen molar-refractivity contribution in [2.45, 2.75) is 38.1 Å². The summed E-state index contributed by atoms with van der Waals surface area (Å²) in [6.07, 6.45) is 0.785. The molecule has 32 heavy (non-hydrogen) atoms. The molecule has 2 N–H and O–H groups in total. The maximum atomic E-state index is 12.3. The van der Waals surface area contributed by atoms with Gasteiger partial charge in [-0.25, -0.2) is 14.7 Å². The van der Waals surface area contributed by atoms with E-state index in [-0.39, 0.29) is 30.9 Å². The third-order valence-electron chi connectivity index (χ3n) is 5.47. The number of alkyl carbamates (subject to hydrolysis) is 1. The second-order valence-corrected chi connectivity index (χ2v) is 7.82. The molecule has 3 rings (SSSR count). The zero-order valence-corrected chi connectivity index (χ0v) is 18.2. The number of nitrogens with one attached hydrogen (secondary N) is 1. The van der Waals surface area contributed by atoms with E-state index in [1.165, 1.54) is 18.2 Å². The Hall–Kier alpha value is -3.39. The number of rotatable bonds is 10. The van der Waals surface area contributed by atoms with E-state index >= 15 is 0 Å². The second kappa shape index (κ2) is 10.8. The van der Waals surface area contributed by atoms with Gasteiger partial charge in [0.2, 0.25) is 5.91 Å². The third-order valence-corrected chi connectivity index (χ3v) is 5.47. The number of hydroxylamine groups is 2. The first-order chi connectivity index (χ1) is 15.4. The molecule has 0 fully saturated rings. The molecule has 1 atom stereocenters. The van der Waals surface area contributed by atoms with Crippen LogP contribution in [0, 0.1) is 0 Å². The van der Waals surface area contributed by atoms with Crippen LogP contribution in [0.25, 0.3) is 11.1 Å². The number of benzene rings is 2. The van der Waals surface area contributed by atoms with Gasteiger partial charge in [0.15, 0.2) is 6.61 Å². The van der Waals surface area contributed by atoms with Crippen molar-refractivity contribution in [3.05, 3.63) is 59.7 Å². The Morgan fingerprint density at radius 2 is 1.66 bits per heavy atom. The molecular formula is C24H28N2O6. The van der Waals surface area contributed by atoms with Gasteiger partial charge < -0.3 is 15.2 Å². The molecule has 0 saturated heterocycles. The predicted octanol–water partition coefficient (Wildman–Crippen LogP) is 3.56. The summed E-state index contributed by atoms with van der Waals surface area (Å²) >= 11 is 0. The normalized spacial score (nSPS) is 13.1. The van der Waals surface area contributed by atoms with Crippen molar-refractivity contribution in [2.75, 3.05) is 20.3 Å². The molecule has 1 unspecified atom stereocenters. The van der Waals surface area contributed by atoms with Crippen LogP contribution in [0.15, 0.2) is 48.5 Å². The van der Waals surface area contributed by atoms with Crippen molar-refractivity contribution in [3.63, 3.8) is 0 Å². The lowest BCUT2D eigenvalue weighted by atomic mass is 9.98. The molecule has 0 saturated carbocycles. The first kappa shape index (κ1) is 23.3. The Kier molecular flexibility index (Phi) is 7.83. The third kappa shape index (κ3) is 5.85. The second-order valence-electron chi connectivity index (χ2n) is 7.82. The van der Waals surface area contributed by atoms with Crippen molar-refractivity contribution in [1.29, 1.82) is 0 Å². The van der Waals surface area contributed by atoms with Crippen LogP contribution in [0.1, 0.15) is 43.2 Å². The van der Waals surface area contributed by atoms with E-state index in [1.54, 1.807) is 0 Å². The fourth-order valence-electron chi connectivity index (χ4n) is 3.85. The van der Waals surface area contributed by atoms with Gasteiger partial charge in [0.25, 0.3) is 0 Å². The molecule has 0 radical (unpaired) electrons. The number of aliphatic carboxylic acids is 1. The van der Waals surface area contributed by atoms with E-state index in [4.69, 9.17) is 14.7 Å². The molecule has 1 aliphatic rings. The number of nitrogens with zero attached hydrogens (tertiary/aromatic N) is 1. The molecular weight excluding hydrogens is 412 g/mol. The van der Waals surface area contributed by atoms with E-state index in [0.29, 0.717) is 12.8 Å². The van der Waals surface area contributed by atoms with Crippen molar-refractivity contribution < 1.29 is 29.1 Å². The highest BCUT2D eigenvalue weighted by molar-refractivity contribution is 5.79. The molecule has 0 bridgehead atoms. The summed E-state index contributed by atoms with van der Waals surface area (Å²) in [6, 6.07) is 16.1. The van der Waals surface area contributed by atoms with Crippen LogP contribution in [0.2, 0.25) is 0 Å². The van der Waals surface area contributed by atoms with E-state index in [9.17, 15) is 14.4 Å². The van der Waals surface area contributed by atoms with Gasteiger partial charge in [0.05, 0.1) is 0 Å². The number of hydrogen-bond acceptors (Lipinski definition) is 5. The number of hydrogen-bond donors (Lipinski definition) is 2. The number of carbonyl (C=O) groups is 3. The lowest BCUT2D eigenvalue weighted by Gasteiger charge is -2.18. The molecule has 2 aromatic rings. The summed E-state index contributed by atoms with van der Waals surface area (Å²) in [6.45, 7) is 1.52. The van der Waals surface area contributed by atoms with E-state index in [1.807, 2.05) is 31.2 Å². The van der Waals surface area contributed by atoms with Gasteiger partial charge in [-0.15, -0.1) is 0 Å². The van der Waals surface area contributed by atoms with Crippen LogP contribution < -0.4 is 5.32 Å². The monoisotopic (exact) mass is 440 g/mol. The molecule has 2 aromatic carbocycles. The molecule has 2 amide bonds. The number of amides is 2. The topological polar surface area (TPSA) is 105 Å². The highest BCUT2D eigenvalue weighted by Crippen LogP contribution is 2.44. The fraction of sp³-hybridized carbons (Fsp3) is 0.375. The average molecular weight is 440 g/mol. The predicted molar refractivity (Wildman–Crippen MR) is 118 cm³/mol. The maximum Gasteiger partial charge on any atom is 0.407 e. The minimum Gasteiger partial charge on any atom is -0.479 e. The maximum absolute atomic E-state index is 12.3. The van der Waals surface area contributed by atoms with Crippen LogP contribution in [0.5, 0.6) is 0 Å². The molecule has 0 heterocycles. The summed E-state index contributed by atoms with van der Waals surface area (Å²) in [5.74, 6) is -1.47. The Morgan fingerprint density at radius 3 is 2.25 bits per heavy atom. The Morgan fingerprint density at radius 1 is 1.06 bits per heavy atom. The van der Waals surface area contributed by atoms with Gasteiger partial charge in [0.1, 0.15) is 6.61 Å². The summed E-state index contributed by atoms with van der Waals surface area (Å²) in [7, 11) is 1.38. The number of fused-ring (bicyclic) bond motifs is 3. The standard InChI is InChI=1S/C24H28N2O6/c1-16(8-7-13-22(27)26(2)32-15-23(28)29)25-24(30)31-14-21-19-11-5-3-9-17(19)18-10-4-6-12-20(18)21/h3-6,9-12,16,21H,7-8,13-15H2,1-2H3,(H,25,30)(H,28,29). The lowest BCUT2D eigenvalue weighted by Crippen LogP contribution is -2.34. The van der Waals surface area contributed by atoms with Crippen LogP contribution >= 0.6 is 0 Å². The lowest BCUT2D eigenvalue weighted by molar-refractivity contribution is -0.185. The first-order valence-corrected chi connectivity index (χ1v) is 10.6. The van der Waals surface area contributed by atoms with E-state index in [2.05, 4.69) is 29.6 Å². The molecule has 0 aromatic heterocycles. The zero-order chi connectivity index (χ0) is 23.1. The molecule has 8 heteroatoms. The van der Waals surface area contributed by atoms with Crippen molar-refractivity contribution in [1.82, 2.24) is 10.4 Å². The highest BCUT2D eigenvalue weighted by atomic mass is 16.7. The Labute approximate surface area is 187 Å². The minimum atomic E-state index is -1.15. The van der Waals surface area contributed by atoms with Gasteiger partial charge in [0, 0.05) is 25.4 Å².